The van der Waals surface area contributed by atoms with Crippen LogP contribution in [0.5, 0.6) is 0 Å². The van der Waals surface area contributed by atoms with E-state index in [1.807, 2.05) is 34.9 Å². The third-order valence-electron chi connectivity index (χ3n) is 4.16. The molecule has 0 spiro atoms. The van der Waals surface area contributed by atoms with Crippen LogP contribution in [0.1, 0.15) is 17.3 Å². The summed E-state index contributed by atoms with van der Waals surface area (Å²) < 4.78 is 6.83. The van der Waals surface area contributed by atoms with Crippen molar-refractivity contribution in [2.75, 3.05) is 16.9 Å². The van der Waals surface area contributed by atoms with E-state index in [0.717, 1.165) is 22.9 Å². The van der Waals surface area contributed by atoms with Crippen LogP contribution in [-0.4, -0.2) is 41.5 Å². The van der Waals surface area contributed by atoms with E-state index in [1.165, 1.54) is 6.26 Å². The molecule has 0 bridgehead atoms. The summed E-state index contributed by atoms with van der Waals surface area (Å²) in [6.45, 7) is 2.50. The number of fused-ring (bicyclic) bond motifs is 1. The van der Waals surface area contributed by atoms with Crippen LogP contribution in [0, 0.1) is 6.92 Å². The summed E-state index contributed by atoms with van der Waals surface area (Å²) in [5.74, 6) is 3.55. The molecule has 0 unspecified atom stereocenters. The first kappa shape index (κ1) is 15.3. The largest absolute Gasteiger partial charge is 0.363 e. The van der Waals surface area contributed by atoms with Crippen molar-refractivity contribution in [3.8, 4) is 0 Å². The Bertz CT molecular complexity index is 1100. The average Bonchev–Trinajstić information content (AvgIpc) is 3.42. The fourth-order valence-electron chi connectivity index (χ4n) is 3.05. The van der Waals surface area contributed by atoms with E-state index in [-0.39, 0.29) is 0 Å². The molecule has 0 aromatic carbocycles. The number of nitrogens with one attached hydrogen (secondary N) is 2. The highest BCUT2D eigenvalue weighted by Gasteiger charge is 2.23. The molecule has 1 aliphatic heterocycles. The number of H-pyrrole nitrogens is 1. The van der Waals surface area contributed by atoms with Crippen molar-refractivity contribution < 1.29 is 4.52 Å². The second-order valence-corrected chi connectivity index (χ2v) is 5.93. The van der Waals surface area contributed by atoms with Crippen molar-refractivity contribution in [3.05, 3.63) is 66.5 Å². The number of imidazole rings is 1. The van der Waals surface area contributed by atoms with E-state index in [4.69, 9.17) is 4.52 Å². The normalized spacial score (nSPS) is 13.4. The molecule has 0 radical (unpaired) electrons. The first-order valence-electron chi connectivity index (χ1n) is 8.32. The molecule has 0 saturated heterocycles. The fourth-order valence-corrected chi connectivity index (χ4v) is 3.05. The monoisotopic (exact) mass is 361 g/mol. The van der Waals surface area contributed by atoms with Crippen LogP contribution < -0.4 is 10.3 Å². The molecule has 0 aliphatic carbocycles. The molecular formula is C17H15N9O. The molecule has 5 rings (SSSR count). The van der Waals surface area contributed by atoms with Gasteiger partial charge in [0.2, 0.25) is 0 Å². The quantitative estimate of drug-likeness (QED) is 0.568. The minimum Gasteiger partial charge on any atom is -0.363 e. The van der Waals surface area contributed by atoms with Crippen molar-refractivity contribution in [2.45, 2.75) is 6.92 Å². The van der Waals surface area contributed by atoms with E-state index in [1.54, 1.807) is 18.5 Å². The Hall–Kier alpha value is -3.95. The first-order chi connectivity index (χ1) is 13.3. The highest BCUT2D eigenvalue weighted by atomic mass is 16.5. The van der Waals surface area contributed by atoms with Gasteiger partial charge in [0.15, 0.2) is 11.6 Å². The van der Waals surface area contributed by atoms with Crippen LogP contribution in [0.2, 0.25) is 0 Å². The summed E-state index contributed by atoms with van der Waals surface area (Å²) in [4.78, 5) is 13.5. The van der Waals surface area contributed by atoms with Gasteiger partial charge < -0.3 is 9.84 Å². The lowest BCUT2D eigenvalue weighted by Crippen LogP contribution is -2.34. The number of aromatic amines is 1. The number of hydrogen-bond acceptors (Lipinski definition) is 8. The lowest BCUT2D eigenvalue weighted by atomic mass is 10.1. The second kappa shape index (κ2) is 6.09. The third-order valence-corrected chi connectivity index (χ3v) is 4.16. The number of nitrogens with zero attached hydrogens (tertiary/aromatic N) is 7. The lowest BCUT2D eigenvalue weighted by molar-refractivity contribution is 0.423. The standard InChI is InChI=1S/C17H15N9O/c1-11-20-13(10-15(21-11)22-14-4-9-27-24-14)12-3-7-25(16-2-5-19-23-16)26-8-6-18-17(12)26/h2-6,8-10H,7H2,1H3,(H,19,23)(H,20,21,22,24). The maximum Gasteiger partial charge on any atom is 0.174 e. The summed E-state index contributed by atoms with van der Waals surface area (Å²) >= 11 is 0. The summed E-state index contributed by atoms with van der Waals surface area (Å²) in [5, 5.41) is 16.0. The van der Waals surface area contributed by atoms with Crippen molar-refractivity contribution in [1.29, 1.82) is 0 Å². The molecule has 134 valence electrons. The van der Waals surface area contributed by atoms with Gasteiger partial charge in [-0.25, -0.2) is 19.6 Å². The Labute approximate surface area is 153 Å². The minimum atomic E-state index is 0.587. The van der Waals surface area contributed by atoms with Gasteiger partial charge in [-0.2, -0.15) is 5.10 Å². The Balaban J connectivity index is 1.53. The molecule has 1 aliphatic rings. The van der Waals surface area contributed by atoms with Crippen molar-refractivity contribution >= 4 is 23.0 Å². The Morgan fingerprint density at radius 3 is 2.96 bits per heavy atom. The summed E-state index contributed by atoms with van der Waals surface area (Å²) in [6, 6.07) is 5.52. The predicted octanol–water partition coefficient (Wildman–Crippen LogP) is 2.15. The second-order valence-electron chi connectivity index (χ2n) is 5.93. The molecule has 4 aromatic rings. The van der Waals surface area contributed by atoms with E-state index in [2.05, 4.69) is 41.7 Å². The van der Waals surface area contributed by atoms with Gasteiger partial charge in [0.1, 0.15) is 23.7 Å². The zero-order valence-electron chi connectivity index (χ0n) is 14.4. The van der Waals surface area contributed by atoms with Crippen LogP contribution in [0.4, 0.5) is 17.5 Å². The van der Waals surface area contributed by atoms with Crippen molar-refractivity contribution in [3.63, 3.8) is 0 Å². The predicted molar refractivity (Wildman–Crippen MR) is 97.2 cm³/mol. The molecule has 0 saturated carbocycles. The Kier molecular flexibility index (Phi) is 3.46. The Morgan fingerprint density at radius 1 is 1.19 bits per heavy atom. The van der Waals surface area contributed by atoms with E-state index >= 15 is 0 Å². The summed E-state index contributed by atoms with van der Waals surface area (Å²) in [6.07, 6.45) is 8.99. The molecule has 5 heterocycles. The van der Waals surface area contributed by atoms with Gasteiger partial charge in [0.05, 0.1) is 18.4 Å². The van der Waals surface area contributed by atoms with Crippen molar-refractivity contribution in [2.24, 2.45) is 0 Å². The van der Waals surface area contributed by atoms with Gasteiger partial charge in [-0.05, 0) is 13.0 Å². The number of aromatic nitrogens is 7. The van der Waals surface area contributed by atoms with Crippen LogP contribution in [-0.2, 0) is 0 Å². The Morgan fingerprint density at radius 2 is 2.15 bits per heavy atom. The zero-order valence-corrected chi connectivity index (χ0v) is 14.4. The van der Waals surface area contributed by atoms with Gasteiger partial charge in [-0.15, -0.1) is 0 Å². The summed E-state index contributed by atoms with van der Waals surface area (Å²) in [7, 11) is 0. The minimum absolute atomic E-state index is 0.587. The fraction of sp³-hybridized carbons (Fsp3) is 0.118. The van der Waals surface area contributed by atoms with Gasteiger partial charge in [-0.3, -0.25) is 10.1 Å². The van der Waals surface area contributed by atoms with Crippen LogP contribution >= 0.6 is 0 Å². The van der Waals surface area contributed by atoms with Crippen LogP contribution in [0.3, 0.4) is 0 Å². The smallest absolute Gasteiger partial charge is 0.174 e. The molecule has 0 atom stereocenters. The first-order valence-corrected chi connectivity index (χ1v) is 8.32. The van der Waals surface area contributed by atoms with Gasteiger partial charge in [-0.1, -0.05) is 5.16 Å². The third kappa shape index (κ3) is 2.72. The van der Waals surface area contributed by atoms with Gasteiger partial charge >= 0.3 is 0 Å². The summed E-state index contributed by atoms with van der Waals surface area (Å²) in [5.41, 5.74) is 1.72. The van der Waals surface area contributed by atoms with Gasteiger partial charge in [0, 0.05) is 36.2 Å². The average molecular weight is 361 g/mol. The lowest BCUT2D eigenvalue weighted by Gasteiger charge is -2.28. The number of rotatable bonds is 4. The van der Waals surface area contributed by atoms with Crippen LogP contribution in [0.25, 0.3) is 5.57 Å². The molecule has 2 N–H and O–H groups in total. The molecule has 27 heavy (non-hydrogen) atoms. The topological polar surface area (TPSA) is 114 Å². The maximum absolute atomic E-state index is 4.85. The van der Waals surface area contributed by atoms with E-state index < -0.39 is 0 Å². The molecule has 10 nitrogen and oxygen atoms in total. The van der Waals surface area contributed by atoms with E-state index in [9.17, 15) is 0 Å². The molecule has 4 aromatic heterocycles. The van der Waals surface area contributed by atoms with Gasteiger partial charge in [0.25, 0.3) is 0 Å². The van der Waals surface area contributed by atoms with Crippen molar-refractivity contribution in [1.82, 2.24) is 35.0 Å². The highest BCUT2D eigenvalue weighted by Crippen LogP contribution is 2.28. The highest BCUT2D eigenvalue weighted by molar-refractivity contribution is 5.78. The number of anilines is 3. The van der Waals surface area contributed by atoms with Crippen LogP contribution in [0.15, 0.2) is 53.7 Å². The maximum atomic E-state index is 4.85. The molecule has 10 heteroatoms. The van der Waals surface area contributed by atoms with E-state index in [0.29, 0.717) is 24.0 Å². The molecule has 0 fully saturated rings. The molecule has 0 amide bonds. The SMILES string of the molecule is Cc1nc(Nc2ccon2)cc(C2=CCN(c3ccn[nH]3)n3ccnc32)n1. The number of hydrogen-bond donors (Lipinski definition) is 2. The zero-order chi connectivity index (χ0) is 18.2. The number of aryl methyl sites for hydroxylation is 1. The molecular weight excluding hydrogens is 346 g/mol.